The molecule has 1 unspecified atom stereocenters. The Bertz CT molecular complexity index is 588. The molecule has 0 radical (unpaired) electrons. The maximum Gasteiger partial charge on any atom is 1.00 e. The van der Waals surface area contributed by atoms with Crippen LogP contribution in [-0.2, 0) is 16.5 Å². The average Bonchev–Trinajstić information content (AvgIpc) is 2.26. The SMILES string of the molecule is CC(C)(C)c1cccc2ccc(S(=O)[O-])cc12.[Na+]. The second kappa shape index (κ2) is 5.85. The molecule has 0 aliphatic heterocycles. The van der Waals surface area contributed by atoms with Crippen molar-refractivity contribution in [1.29, 1.82) is 0 Å². The van der Waals surface area contributed by atoms with Gasteiger partial charge in [-0.3, -0.25) is 4.21 Å². The van der Waals surface area contributed by atoms with Crippen LogP contribution >= 0.6 is 0 Å². The fourth-order valence-electron chi connectivity index (χ4n) is 2.01. The second-order valence-corrected chi connectivity index (χ2v) is 6.11. The van der Waals surface area contributed by atoms with E-state index >= 15 is 0 Å². The zero-order chi connectivity index (χ0) is 12.6. The van der Waals surface area contributed by atoms with Crippen molar-refractivity contribution in [1.82, 2.24) is 0 Å². The summed E-state index contributed by atoms with van der Waals surface area (Å²) in [6.07, 6.45) is 0. The first kappa shape index (κ1) is 15.9. The molecule has 2 aromatic carbocycles. The van der Waals surface area contributed by atoms with Crippen molar-refractivity contribution in [2.24, 2.45) is 0 Å². The van der Waals surface area contributed by atoms with E-state index in [1.165, 1.54) is 5.56 Å². The van der Waals surface area contributed by atoms with Crippen LogP contribution < -0.4 is 29.6 Å². The zero-order valence-corrected chi connectivity index (χ0v) is 14.0. The fraction of sp³-hybridized carbons (Fsp3) is 0.286. The van der Waals surface area contributed by atoms with Gasteiger partial charge in [0.1, 0.15) is 0 Å². The van der Waals surface area contributed by atoms with Crippen molar-refractivity contribution in [2.45, 2.75) is 31.1 Å². The van der Waals surface area contributed by atoms with Crippen molar-refractivity contribution in [3.05, 3.63) is 42.0 Å². The Hall–Kier alpha value is -0.190. The molecular weight excluding hydrogens is 255 g/mol. The Morgan fingerprint density at radius 3 is 2.33 bits per heavy atom. The molecule has 0 saturated heterocycles. The first-order chi connectivity index (χ1) is 7.89. The molecule has 0 aliphatic carbocycles. The van der Waals surface area contributed by atoms with Gasteiger partial charge in [0.15, 0.2) is 0 Å². The molecule has 90 valence electrons. The average molecular weight is 270 g/mol. The maximum absolute atomic E-state index is 11.0. The molecule has 0 aromatic heterocycles. The summed E-state index contributed by atoms with van der Waals surface area (Å²) in [5, 5.41) is 2.09. The van der Waals surface area contributed by atoms with E-state index in [2.05, 4.69) is 26.8 Å². The van der Waals surface area contributed by atoms with Crippen molar-refractivity contribution in [3.63, 3.8) is 0 Å². The van der Waals surface area contributed by atoms with E-state index in [9.17, 15) is 8.76 Å². The summed E-state index contributed by atoms with van der Waals surface area (Å²) in [6.45, 7) is 6.38. The summed E-state index contributed by atoms with van der Waals surface area (Å²) in [4.78, 5) is 0.342. The third-order valence-electron chi connectivity index (χ3n) is 2.85. The molecule has 1 atom stereocenters. The molecule has 0 amide bonds. The first-order valence-electron chi connectivity index (χ1n) is 5.52. The van der Waals surface area contributed by atoms with Gasteiger partial charge in [0.05, 0.1) is 0 Å². The summed E-state index contributed by atoms with van der Waals surface area (Å²) >= 11 is -2.17. The minimum atomic E-state index is -2.17. The minimum Gasteiger partial charge on any atom is -0.768 e. The van der Waals surface area contributed by atoms with Crippen LogP contribution in [0.2, 0.25) is 0 Å². The van der Waals surface area contributed by atoms with Gasteiger partial charge in [-0.05, 0) is 45.0 Å². The van der Waals surface area contributed by atoms with E-state index in [4.69, 9.17) is 0 Å². The van der Waals surface area contributed by atoms with Crippen LogP contribution in [0, 0.1) is 0 Å². The van der Waals surface area contributed by atoms with Gasteiger partial charge in [0, 0.05) is 4.90 Å². The van der Waals surface area contributed by atoms with Gasteiger partial charge in [-0.2, -0.15) is 0 Å². The van der Waals surface area contributed by atoms with Gasteiger partial charge in [0.2, 0.25) is 0 Å². The van der Waals surface area contributed by atoms with E-state index in [-0.39, 0.29) is 35.0 Å². The molecule has 0 spiro atoms. The molecule has 2 rings (SSSR count). The molecule has 2 aromatic rings. The van der Waals surface area contributed by atoms with Crippen LogP contribution in [0.1, 0.15) is 26.3 Å². The third-order valence-corrected chi connectivity index (χ3v) is 3.49. The van der Waals surface area contributed by atoms with E-state index in [1.54, 1.807) is 12.1 Å². The maximum atomic E-state index is 11.0. The van der Waals surface area contributed by atoms with Crippen LogP contribution in [-0.4, -0.2) is 8.76 Å². The van der Waals surface area contributed by atoms with Crippen LogP contribution in [0.3, 0.4) is 0 Å². The molecule has 0 N–H and O–H groups in total. The van der Waals surface area contributed by atoms with Gasteiger partial charge in [-0.15, -0.1) is 0 Å². The van der Waals surface area contributed by atoms with Gasteiger partial charge in [0.25, 0.3) is 0 Å². The first-order valence-corrected chi connectivity index (χ1v) is 6.59. The number of hydrogen-bond acceptors (Lipinski definition) is 2. The van der Waals surface area contributed by atoms with Crippen molar-refractivity contribution in [2.75, 3.05) is 0 Å². The Balaban J connectivity index is 0.00000162. The molecule has 4 heteroatoms. The molecule has 0 bridgehead atoms. The Labute approximate surface area is 132 Å². The Morgan fingerprint density at radius 2 is 1.78 bits per heavy atom. The predicted molar refractivity (Wildman–Crippen MR) is 69.8 cm³/mol. The van der Waals surface area contributed by atoms with Crippen LogP contribution in [0.5, 0.6) is 0 Å². The molecule has 0 heterocycles. The zero-order valence-electron chi connectivity index (χ0n) is 11.2. The minimum absolute atomic E-state index is 0. The van der Waals surface area contributed by atoms with Crippen LogP contribution in [0.25, 0.3) is 10.8 Å². The van der Waals surface area contributed by atoms with E-state index in [0.29, 0.717) is 4.90 Å². The number of rotatable bonds is 1. The third kappa shape index (κ3) is 3.22. The van der Waals surface area contributed by atoms with Gasteiger partial charge >= 0.3 is 29.6 Å². The van der Waals surface area contributed by atoms with Crippen molar-refractivity contribution >= 4 is 21.9 Å². The van der Waals surface area contributed by atoms with Gasteiger partial charge < -0.3 is 4.55 Å². The molecule has 0 fully saturated rings. The molecule has 18 heavy (non-hydrogen) atoms. The second-order valence-electron chi connectivity index (χ2n) is 5.17. The smallest absolute Gasteiger partial charge is 0.768 e. The predicted octanol–water partition coefficient (Wildman–Crippen LogP) is 0.379. The van der Waals surface area contributed by atoms with Crippen LogP contribution in [0.15, 0.2) is 41.3 Å². The van der Waals surface area contributed by atoms with E-state index < -0.39 is 11.1 Å². The van der Waals surface area contributed by atoms with Crippen LogP contribution in [0.4, 0.5) is 0 Å². The van der Waals surface area contributed by atoms with Crippen molar-refractivity contribution in [3.8, 4) is 0 Å². The topological polar surface area (TPSA) is 40.1 Å². The normalized spacial score (nSPS) is 13.1. The fourth-order valence-corrected chi connectivity index (χ4v) is 2.40. The van der Waals surface area contributed by atoms with Gasteiger partial charge in [-0.1, -0.05) is 45.0 Å². The van der Waals surface area contributed by atoms with E-state index in [1.807, 2.05) is 18.2 Å². The Morgan fingerprint density at radius 1 is 1.11 bits per heavy atom. The molecule has 0 saturated carbocycles. The summed E-state index contributed by atoms with van der Waals surface area (Å²) in [7, 11) is 0. The molecule has 0 aliphatic rings. The summed E-state index contributed by atoms with van der Waals surface area (Å²) in [5.41, 5.74) is 1.17. The summed E-state index contributed by atoms with van der Waals surface area (Å²) in [5.74, 6) is 0. The molecule has 2 nitrogen and oxygen atoms in total. The number of benzene rings is 2. The standard InChI is InChI=1S/C14H16O2S.Na/c1-14(2,3)13-6-4-5-10-7-8-11(17(15)16)9-12(10)13;/h4-9H,1-3H3,(H,15,16);/q;+1/p-1. The summed E-state index contributed by atoms with van der Waals surface area (Å²) in [6, 6.07) is 11.3. The van der Waals surface area contributed by atoms with E-state index in [0.717, 1.165) is 10.8 Å². The monoisotopic (exact) mass is 270 g/mol. The Kier molecular flexibility index (Phi) is 5.15. The van der Waals surface area contributed by atoms with Crippen molar-refractivity contribution < 1.29 is 38.3 Å². The van der Waals surface area contributed by atoms with Gasteiger partial charge in [-0.25, -0.2) is 0 Å². The largest absolute Gasteiger partial charge is 1.00 e. The number of hydrogen-bond donors (Lipinski definition) is 0. The molecular formula is C14H15NaO2S. The number of fused-ring (bicyclic) bond motifs is 1. The summed E-state index contributed by atoms with van der Waals surface area (Å²) < 4.78 is 22.0. The quantitative estimate of drug-likeness (QED) is 0.555.